The van der Waals surface area contributed by atoms with Crippen LogP contribution in [0.5, 0.6) is 0 Å². The zero-order chi connectivity index (χ0) is 28.8. The molecular weight excluding hydrogens is 585 g/mol. The Labute approximate surface area is 268 Å². The molecule has 2 aromatic rings. The summed E-state index contributed by atoms with van der Waals surface area (Å²) in [6, 6.07) is 17.9. The van der Waals surface area contributed by atoms with Gasteiger partial charge < -0.3 is 16.0 Å². The van der Waals surface area contributed by atoms with E-state index in [4.69, 9.17) is 0 Å². The van der Waals surface area contributed by atoms with Crippen LogP contribution >= 0.6 is 24.8 Å². The van der Waals surface area contributed by atoms with Gasteiger partial charge in [0.2, 0.25) is 11.8 Å². The molecular formula is C33H47Cl2N5O3. The van der Waals surface area contributed by atoms with Crippen molar-refractivity contribution >= 4 is 42.4 Å². The largest absolute Gasteiger partial charge is 0.345 e. The number of rotatable bonds is 10. The summed E-state index contributed by atoms with van der Waals surface area (Å²) >= 11 is 0. The molecule has 2 amide bonds. The van der Waals surface area contributed by atoms with Gasteiger partial charge >= 0.3 is 0 Å². The van der Waals surface area contributed by atoms with E-state index in [-0.39, 0.29) is 60.5 Å². The van der Waals surface area contributed by atoms with E-state index < -0.39 is 24.0 Å². The Hall–Kier alpha value is -2.49. The zero-order valence-electron chi connectivity index (χ0n) is 25.2. The molecule has 1 saturated carbocycles. The predicted octanol–water partition coefficient (Wildman–Crippen LogP) is 3.99. The van der Waals surface area contributed by atoms with Gasteiger partial charge in [-0.05, 0) is 63.2 Å². The Kier molecular flexibility index (Phi) is 13.5. The fourth-order valence-corrected chi connectivity index (χ4v) is 6.82. The van der Waals surface area contributed by atoms with E-state index in [9.17, 15) is 14.4 Å². The predicted molar refractivity (Wildman–Crippen MR) is 174 cm³/mol. The summed E-state index contributed by atoms with van der Waals surface area (Å²) in [6.07, 6.45) is 7.15. The van der Waals surface area contributed by atoms with Gasteiger partial charge in [-0.25, -0.2) is 0 Å². The Morgan fingerprint density at radius 3 is 2.02 bits per heavy atom. The first-order valence-electron chi connectivity index (χ1n) is 15.4. The molecule has 0 aromatic heterocycles. The molecule has 2 aromatic carbocycles. The third-order valence-corrected chi connectivity index (χ3v) is 9.32. The Bertz CT molecular complexity index is 1140. The van der Waals surface area contributed by atoms with Crippen molar-refractivity contribution in [1.29, 1.82) is 0 Å². The lowest BCUT2D eigenvalue weighted by molar-refractivity contribution is -0.138. The second-order valence-electron chi connectivity index (χ2n) is 12.0. The maximum atomic E-state index is 14.5. The second-order valence-corrected chi connectivity index (χ2v) is 12.0. The molecule has 10 heteroatoms. The minimum atomic E-state index is -0.668. The van der Waals surface area contributed by atoms with E-state index in [0.717, 1.165) is 62.6 Å². The monoisotopic (exact) mass is 631 g/mol. The highest BCUT2D eigenvalue weighted by atomic mass is 35.5. The van der Waals surface area contributed by atoms with Crippen LogP contribution in [0.2, 0.25) is 0 Å². The summed E-state index contributed by atoms with van der Waals surface area (Å²) in [5, 5.41) is 13.0. The number of hydrogen-bond acceptors (Lipinski definition) is 6. The lowest BCUT2D eigenvalue weighted by atomic mass is 9.78. The van der Waals surface area contributed by atoms with Gasteiger partial charge in [0, 0.05) is 6.54 Å². The minimum absolute atomic E-state index is 0. The summed E-state index contributed by atoms with van der Waals surface area (Å²) in [4.78, 5) is 44.0. The molecule has 3 fully saturated rings. The van der Waals surface area contributed by atoms with Crippen LogP contribution in [0.4, 0.5) is 0 Å². The topological polar surface area (TPSA) is 103 Å². The van der Waals surface area contributed by atoms with E-state index in [1.54, 1.807) is 14.0 Å². The van der Waals surface area contributed by atoms with Gasteiger partial charge in [0.15, 0.2) is 5.78 Å². The van der Waals surface area contributed by atoms with Crippen LogP contribution in [0.15, 0.2) is 60.7 Å². The second kappa shape index (κ2) is 16.5. The lowest BCUT2D eigenvalue weighted by Gasteiger charge is -2.43. The van der Waals surface area contributed by atoms with E-state index in [1.807, 2.05) is 60.7 Å². The number of ketones is 1. The quantitative estimate of drug-likeness (QED) is 0.316. The first-order chi connectivity index (χ1) is 20.0. The number of benzene rings is 2. The summed E-state index contributed by atoms with van der Waals surface area (Å²) in [7, 11) is 1.75. The third kappa shape index (κ3) is 8.37. The molecule has 2 heterocycles. The van der Waals surface area contributed by atoms with Crippen LogP contribution in [-0.2, 0) is 14.4 Å². The van der Waals surface area contributed by atoms with Crippen molar-refractivity contribution in [2.45, 2.75) is 82.2 Å². The van der Waals surface area contributed by atoms with Gasteiger partial charge in [0.1, 0.15) is 0 Å². The summed E-state index contributed by atoms with van der Waals surface area (Å²) < 4.78 is 0. The van der Waals surface area contributed by atoms with Gasteiger partial charge in [-0.2, -0.15) is 0 Å². The Morgan fingerprint density at radius 1 is 0.837 bits per heavy atom. The summed E-state index contributed by atoms with van der Waals surface area (Å²) in [6.45, 7) is 3.23. The molecule has 8 nitrogen and oxygen atoms in total. The number of nitrogens with one attached hydrogen (secondary N) is 4. The van der Waals surface area contributed by atoms with Gasteiger partial charge in [0.05, 0.1) is 36.3 Å². The number of Topliss-reactive ketones (excluding diaryl/α,β-unsaturated/α-hetero) is 1. The SMILES string of the molecule is CN[C@@H](C)C(=O)N[C@H](C(=O)C1N[C@H]2CCCN2C[C@H]1C(=O)NC(c1ccccc1)c1ccccc1)C1CCCCC1.Cl.Cl. The van der Waals surface area contributed by atoms with Gasteiger partial charge in [-0.3, -0.25) is 24.6 Å². The van der Waals surface area contributed by atoms with Gasteiger partial charge in [-0.15, -0.1) is 24.8 Å². The average molecular weight is 633 g/mol. The fourth-order valence-electron chi connectivity index (χ4n) is 6.82. The smallest absolute Gasteiger partial charge is 0.237 e. The molecule has 3 aliphatic rings. The molecule has 2 aliphatic heterocycles. The van der Waals surface area contributed by atoms with Crippen LogP contribution in [0.3, 0.4) is 0 Å². The molecule has 1 aliphatic carbocycles. The maximum absolute atomic E-state index is 14.5. The molecule has 43 heavy (non-hydrogen) atoms. The van der Waals surface area contributed by atoms with Crippen molar-refractivity contribution in [3.63, 3.8) is 0 Å². The van der Waals surface area contributed by atoms with E-state index in [2.05, 4.69) is 26.2 Å². The van der Waals surface area contributed by atoms with E-state index in [1.165, 1.54) is 0 Å². The molecule has 5 rings (SSSR count). The molecule has 4 N–H and O–H groups in total. The van der Waals surface area contributed by atoms with Crippen molar-refractivity contribution < 1.29 is 14.4 Å². The number of hydrogen-bond donors (Lipinski definition) is 4. The number of likely N-dealkylation sites (N-methyl/N-ethyl adjacent to an activating group) is 1. The van der Waals surface area contributed by atoms with Crippen LogP contribution in [-0.4, -0.2) is 66.9 Å². The standard InChI is InChI=1S/C33H45N5O3.2ClH/c1-22(34-2)32(40)37-29(25-17-10-5-11-18-25)31(39)30-26(21-38-20-12-19-27(38)35-30)33(41)36-28(23-13-6-3-7-14-23)24-15-8-4-9-16-24;;/h3-4,6-9,13-16,22,25-30,34-35H,5,10-12,17-21H2,1-2H3,(H,36,41)(H,37,40);2*1H/t22-,26+,27+,29-,30?;;/m0../s1. The molecule has 5 atom stereocenters. The van der Waals surface area contributed by atoms with E-state index >= 15 is 0 Å². The molecule has 0 spiro atoms. The maximum Gasteiger partial charge on any atom is 0.237 e. The number of fused-ring (bicyclic) bond motifs is 1. The fraction of sp³-hybridized carbons (Fsp3) is 0.545. The molecule has 236 valence electrons. The van der Waals surface area contributed by atoms with Crippen LogP contribution < -0.4 is 21.3 Å². The van der Waals surface area contributed by atoms with Gasteiger partial charge in [0.25, 0.3) is 0 Å². The van der Waals surface area contributed by atoms with Crippen molar-refractivity contribution in [2.24, 2.45) is 11.8 Å². The average Bonchev–Trinajstić information content (AvgIpc) is 3.50. The van der Waals surface area contributed by atoms with Gasteiger partial charge in [-0.1, -0.05) is 79.9 Å². The first kappa shape index (κ1) is 35.0. The number of nitrogens with zero attached hydrogens (tertiary/aromatic N) is 1. The number of carbonyl (C=O) groups excluding carboxylic acids is 3. The molecule has 2 saturated heterocycles. The highest BCUT2D eigenvalue weighted by molar-refractivity contribution is 5.98. The summed E-state index contributed by atoms with van der Waals surface area (Å²) in [5.74, 6) is -0.870. The number of amides is 2. The molecule has 1 unspecified atom stereocenters. The summed E-state index contributed by atoms with van der Waals surface area (Å²) in [5.41, 5.74) is 1.98. The van der Waals surface area contributed by atoms with Crippen molar-refractivity contribution in [3.05, 3.63) is 71.8 Å². The Balaban J connectivity index is 0.00000253. The normalized spacial score (nSPS) is 23.7. The highest BCUT2D eigenvalue weighted by Gasteiger charge is 2.47. The Morgan fingerprint density at radius 2 is 1.44 bits per heavy atom. The number of halogens is 2. The lowest BCUT2D eigenvalue weighted by Crippen LogP contribution is -2.67. The van der Waals surface area contributed by atoms with E-state index in [0.29, 0.717) is 6.54 Å². The van der Waals surface area contributed by atoms with Crippen LogP contribution in [0.25, 0.3) is 0 Å². The van der Waals surface area contributed by atoms with Crippen molar-refractivity contribution in [1.82, 2.24) is 26.2 Å². The number of carbonyl (C=O) groups is 3. The van der Waals surface area contributed by atoms with Crippen molar-refractivity contribution in [2.75, 3.05) is 20.1 Å². The third-order valence-electron chi connectivity index (χ3n) is 9.32. The molecule has 0 bridgehead atoms. The highest BCUT2D eigenvalue weighted by Crippen LogP contribution is 2.32. The zero-order valence-corrected chi connectivity index (χ0v) is 26.8. The molecule has 0 radical (unpaired) electrons. The first-order valence-corrected chi connectivity index (χ1v) is 15.4. The minimum Gasteiger partial charge on any atom is -0.345 e. The van der Waals surface area contributed by atoms with Crippen LogP contribution in [0, 0.1) is 11.8 Å². The van der Waals surface area contributed by atoms with Crippen LogP contribution in [0.1, 0.15) is 69.0 Å². The van der Waals surface area contributed by atoms with Crippen molar-refractivity contribution in [3.8, 4) is 0 Å².